The summed E-state index contributed by atoms with van der Waals surface area (Å²) >= 11 is 0. The molecule has 0 amide bonds. The van der Waals surface area contributed by atoms with Crippen LogP contribution < -0.4 is 0 Å². The fourth-order valence-corrected chi connectivity index (χ4v) is 3.40. The van der Waals surface area contributed by atoms with E-state index in [4.69, 9.17) is 7.16 Å². The second kappa shape index (κ2) is 5.85. The zero-order chi connectivity index (χ0) is 19.1. The van der Waals surface area contributed by atoms with E-state index in [1.165, 1.54) is 0 Å². The maximum absolute atomic E-state index is 7.65. The Bertz CT molecular complexity index is 1290. The molecule has 0 spiro atoms. The number of benzene rings is 3. The van der Waals surface area contributed by atoms with Gasteiger partial charge in [0.25, 0.3) is 0 Å². The zero-order valence-electron chi connectivity index (χ0n) is 16.0. The molecule has 0 aliphatic rings. The van der Waals surface area contributed by atoms with Crippen molar-refractivity contribution in [1.29, 1.82) is 0 Å². The lowest BCUT2D eigenvalue weighted by molar-refractivity contribution is 0.670. The van der Waals surface area contributed by atoms with Gasteiger partial charge in [0.2, 0.25) is 0 Å². The Labute approximate surface area is 154 Å². The molecule has 2 nitrogen and oxygen atoms in total. The second-order valence-electron chi connectivity index (χ2n) is 6.34. The maximum atomic E-state index is 7.65. The lowest BCUT2D eigenvalue weighted by Gasteiger charge is -2.02. The van der Waals surface area contributed by atoms with Gasteiger partial charge in [0.05, 0.1) is 5.69 Å². The highest BCUT2D eigenvalue weighted by Gasteiger charge is 2.13. The molecule has 0 unspecified atom stereocenters. The first-order valence-electron chi connectivity index (χ1n) is 9.68. The fraction of sp³-hybridized carbons (Fsp3) is 0.0417. The molecular weight excluding hydrogens is 318 g/mol. The Balaban J connectivity index is 1.71. The standard InChI is InChI=1S/C24H17NO/c1-16-12-13-25-22(14-16)21-9-5-8-20-19-11-10-18(15-23(19)26-24(20)21)17-6-3-2-4-7-17/h2-15H,1H3/i1D2. The van der Waals surface area contributed by atoms with Crippen molar-refractivity contribution in [3.05, 3.63) is 90.6 Å². The Kier molecular flexibility index (Phi) is 2.90. The Morgan fingerprint density at radius 1 is 0.808 bits per heavy atom. The molecule has 0 aliphatic heterocycles. The van der Waals surface area contributed by atoms with E-state index in [1.807, 2.05) is 30.3 Å². The van der Waals surface area contributed by atoms with Crippen molar-refractivity contribution in [2.75, 3.05) is 0 Å². The number of hydrogen-bond acceptors (Lipinski definition) is 2. The van der Waals surface area contributed by atoms with Gasteiger partial charge in [0, 0.05) is 25.3 Å². The van der Waals surface area contributed by atoms with E-state index in [2.05, 4.69) is 41.4 Å². The van der Waals surface area contributed by atoms with Crippen LogP contribution in [0.15, 0.2) is 89.5 Å². The molecule has 0 bridgehead atoms. The Hall–Kier alpha value is -3.39. The highest BCUT2D eigenvalue weighted by molar-refractivity contribution is 6.10. The van der Waals surface area contributed by atoms with Crippen molar-refractivity contribution in [1.82, 2.24) is 4.98 Å². The monoisotopic (exact) mass is 337 g/mol. The van der Waals surface area contributed by atoms with Crippen LogP contribution in [0.25, 0.3) is 44.3 Å². The lowest BCUT2D eigenvalue weighted by atomic mass is 10.0. The van der Waals surface area contributed by atoms with Gasteiger partial charge in [-0.1, -0.05) is 48.5 Å². The molecule has 0 radical (unpaired) electrons. The number of para-hydroxylation sites is 1. The average molecular weight is 337 g/mol. The molecule has 5 rings (SSSR count). The SMILES string of the molecule is [2H]C([2H])c1ccnc(-c2cccc3c2oc2cc(-c4ccccc4)ccc23)c1. The molecule has 0 atom stereocenters. The molecule has 0 saturated carbocycles. The summed E-state index contributed by atoms with van der Waals surface area (Å²) < 4.78 is 21.6. The van der Waals surface area contributed by atoms with Gasteiger partial charge >= 0.3 is 0 Å². The van der Waals surface area contributed by atoms with Crippen LogP contribution in [0.4, 0.5) is 0 Å². The van der Waals surface area contributed by atoms with Crippen molar-refractivity contribution in [2.45, 2.75) is 6.88 Å². The number of hydrogen-bond donors (Lipinski definition) is 0. The molecular formula is C24H17NO. The fourth-order valence-electron chi connectivity index (χ4n) is 3.40. The van der Waals surface area contributed by atoms with Gasteiger partial charge in [-0.3, -0.25) is 4.98 Å². The molecule has 5 aromatic rings. The minimum atomic E-state index is -1.04. The van der Waals surface area contributed by atoms with Gasteiger partial charge in [-0.15, -0.1) is 0 Å². The first-order chi connectivity index (χ1) is 13.7. The number of fused-ring (bicyclic) bond motifs is 3. The van der Waals surface area contributed by atoms with Gasteiger partial charge in [0.1, 0.15) is 11.2 Å². The zero-order valence-corrected chi connectivity index (χ0v) is 14.0. The van der Waals surface area contributed by atoms with E-state index < -0.39 is 6.88 Å². The largest absolute Gasteiger partial charge is 0.455 e. The summed E-state index contributed by atoms with van der Waals surface area (Å²) in [7, 11) is 0. The normalized spacial score (nSPS) is 12.5. The predicted octanol–water partition coefficient (Wildman–Crippen LogP) is 6.62. The molecule has 2 aromatic heterocycles. The highest BCUT2D eigenvalue weighted by atomic mass is 16.3. The minimum Gasteiger partial charge on any atom is -0.455 e. The van der Waals surface area contributed by atoms with Crippen molar-refractivity contribution < 1.29 is 7.16 Å². The first-order valence-corrected chi connectivity index (χ1v) is 8.52. The van der Waals surface area contributed by atoms with Crippen LogP contribution in [0, 0.1) is 6.88 Å². The van der Waals surface area contributed by atoms with Crippen molar-refractivity contribution in [3.63, 3.8) is 0 Å². The summed E-state index contributed by atoms with van der Waals surface area (Å²) in [4.78, 5) is 4.45. The smallest absolute Gasteiger partial charge is 0.144 e. The molecule has 124 valence electrons. The average Bonchev–Trinajstić information content (AvgIpc) is 3.12. The van der Waals surface area contributed by atoms with E-state index >= 15 is 0 Å². The number of rotatable bonds is 2. The summed E-state index contributed by atoms with van der Waals surface area (Å²) in [5.74, 6) is 0. The molecule has 0 N–H and O–H groups in total. The molecule has 2 heterocycles. The van der Waals surface area contributed by atoms with Crippen molar-refractivity contribution in [3.8, 4) is 22.4 Å². The quantitative estimate of drug-likeness (QED) is 0.361. The van der Waals surface area contributed by atoms with E-state index in [0.29, 0.717) is 5.56 Å². The van der Waals surface area contributed by atoms with Crippen LogP contribution in [-0.4, -0.2) is 4.98 Å². The second-order valence-corrected chi connectivity index (χ2v) is 6.34. The molecule has 0 fully saturated rings. The van der Waals surface area contributed by atoms with Crippen LogP contribution in [0.5, 0.6) is 0 Å². The number of pyridine rings is 1. The minimum absolute atomic E-state index is 0.615. The third-order valence-corrected chi connectivity index (χ3v) is 4.67. The number of furan rings is 1. The van der Waals surface area contributed by atoms with E-state index in [0.717, 1.165) is 44.3 Å². The highest BCUT2D eigenvalue weighted by Crippen LogP contribution is 2.36. The lowest BCUT2D eigenvalue weighted by Crippen LogP contribution is -1.84. The van der Waals surface area contributed by atoms with Gasteiger partial charge in [-0.05, 0) is 53.9 Å². The molecule has 0 aliphatic carbocycles. The van der Waals surface area contributed by atoms with E-state index in [-0.39, 0.29) is 0 Å². The van der Waals surface area contributed by atoms with Crippen molar-refractivity contribution in [2.24, 2.45) is 0 Å². The third kappa shape index (κ3) is 2.39. The molecule has 2 heteroatoms. The van der Waals surface area contributed by atoms with Crippen LogP contribution >= 0.6 is 0 Å². The molecule has 0 saturated heterocycles. The number of nitrogens with zero attached hydrogens (tertiary/aromatic N) is 1. The summed E-state index contributed by atoms with van der Waals surface area (Å²) in [6.07, 6.45) is 1.65. The van der Waals surface area contributed by atoms with Gasteiger partial charge in [-0.2, -0.15) is 0 Å². The van der Waals surface area contributed by atoms with E-state index in [1.54, 1.807) is 18.3 Å². The molecule has 26 heavy (non-hydrogen) atoms. The Morgan fingerprint density at radius 3 is 2.62 bits per heavy atom. The predicted molar refractivity (Wildman–Crippen MR) is 107 cm³/mol. The third-order valence-electron chi connectivity index (χ3n) is 4.67. The topological polar surface area (TPSA) is 26.0 Å². The summed E-state index contributed by atoms with van der Waals surface area (Å²) in [5, 5.41) is 2.10. The number of aryl methyl sites for hydroxylation is 1. The summed E-state index contributed by atoms with van der Waals surface area (Å²) in [5.41, 5.74) is 6.08. The molecule has 3 aromatic carbocycles. The van der Waals surface area contributed by atoms with Gasteiger partial charge < -0.3 is 4.42 Å². The van der Waals surface area contributed by atoms with Crippen molar-refractivity contribution >= 4 is 21.9 Å². The van der Waals surface area contributed by atoms with Crippen LogP contribution in [0.2, 0.25) is 0 Å². The maximum Gasteiger partial charge on any atom is 0.144 e. The van der Waals surface area contributed by atoms with Crippen LogP contribution in [0.3, 0.4) is 0 Å². The first kappa shape index (κ1) is 12.9. The van der Waals surface area contributed by atoms with Gasteiger partial charge in [-0.25, -0.2) is 0 Å². The Morgan fingerprint density at radius 2 is 1.73 bits per heavy atom. The summed E-state index contributed by atoms with van der Waals surface area (Å²) in [6.45, 7) is -1.04. The van der Waals surface area contributed by atoms with Crippen LogP contribution in [0.1, 0.15) is 8.30 Å². The van der Waals surface area contributed by atoms with Crippen LogP contribution in [-0.2, 0) is 0 Å². The number of aromatic nitrogens is 1. The summed E-state index contributed by atoms with van der Waals surface area (Å²) in [6, 6.07) is 26.0. The van der Waals surface area contributed by atoms with Gasteiger partial charge in [0.15, 0.2) is 0 Å². The van der Waals surface area contributed by atoms with E-state index in [9.17, 15) is 0 Å².